The number of benzene rings is 2. The fraction of sp³-hybridized carbons (Fsp3) is 0.304. The molecule has 3 aromatic rings. The van der Waals surface area contributed by atoms with Crippen LogP contribution in [0.5, 0.6) is 5.75 Å². The number of nitrogens with one attached hydrogen (secondary N) is 1. The lowest BCUT2D eigenvalue weighted by Gasteiger charge is -2.22. The molecule has 1 unspecified atom stereocenters. The Hall–Kier alpha value is -3.45. The highest BCUT2D eigenvalue weighted by molar-refractivity contribution is 7.99. The number of hydrogen-bond donors (Lipinski definition) is 1. The molecule has 7 nitrogen and oxygen atoms in total. The molecule has 10 heteroatoms. The molecule has 2 aromatic carbocycles. The van der Waals surface area contributed by atoms with E-state index in [4.69, 9.17) is 0 Å². The molecule has 1 aromatic heterocycles. The van der Waals surface area contributed by atoms with E-state index in [1.54, 1.807) is 31.2 Å². The maximum Gasteiger partial charge on any atom is 0.387 e. The molecule has 1 N–H and O–H groups in total. The third kappa shape index (κ3) is 4.98. The van der Waals surface area contributed by atoms with E-state index in [2.05, 4.69) is 21.1 Å². The Bertz CT molecular complexity index is 1290. The minimum absolute atomic E-state index is 0.0417. The van der Waals surface area contributed by atoms with Crippen molar-refractivity contribution >= 4 is 28.6 Å². The topological polar surface area (TPSA) is 97.0 Å². The number of nitriles is 1. The van der Waals surface area contributed by atoms with Crippen LogP contribution in [-0.4, -0.2) is 33.4 Å². The first-order valence-corrected chi connectivity index (χ1v) is 11.2. The van der Waals surface area contributed by atoms with Crippen molar-refractivity contribution in [3.8, 4) is 17.5 Å². The van der Waals surface area contributed by atoms with Gasteiger partial charge in [0.2, 0.25) is 5.91 Å². The van der Waals surface area contributed by atoms with Gasteiger partial charge in [-0.05, 0) is 62.1 Å². The van der Waals surface area contributed by atoms with Crippen molar-refractivity contribution in [3.63, 3.8) is 0 Å². The molecule has 1 aliphatic carbocycles. The molecular weight excluding hydrogens is 450 g/mol. The van der Waals surface area contributed by atoms with Gasteiger partial charge in [-0.2, -0.15) is 14.0 Å². The summed E-state index contributed by atoms with van der Waals surface area (Å²) in [6, 6.07) is 14.6. The van der Waals surface area contributed by atoms with Gasteiger partial charge < -0.3 is 10.1 Å². The second-order valence-corrected chi connectivity index (χ2v) is 8.79. The zero-order valence-corrected chi connectivity index (χ0v) is 18.4. The average Bonchev–Trinajstić information content (AvgIpc) is 3.64. The van der Waals surface area contributed by atoms with Crippen LogP contribution in [0.3, 0.4) is 0 Å². The van der Waals surface area contributed by atoms with Gasteiger partial charge in [-0.1, -0.05) is 23.9 Å². The number of nitrogens with zero attached hydrogens (tertiary/aromatic N) is 3. The first kappa shape index (κ1) is 22.7. The highest BCUT2D eigenvalue weighted by Crippen LogP contribution is 2.39. The van der Waals surface area contributed by atoms with E-state index in [-0.39, 0.29) is 34.0 Å². The molecule has 1 saturated carbocycles. The molecule has 1 atom stereocenters. The largest absolute Gasteiger partial charge is 0.435 e. The zero-order chi connectivity index (χ0) is 23.6. The van der Waals surface area contributed by atoms with Gasteiger partial charge in [0, 0.05) is 0 Å². The predicted molar refractivity (Wildman–Crippen MR) is 120 cm³/mol. The van der Waals surface area contributed by atoms with Crippen LogP contribution in [-0.2, 0) is 4.79 Å². The summed E-state index contributed by atoms with van der Waals surface area (Å²) in [5, 5.41) is 12.9. The first-order chi connectivity index (χ1) is 15.8. The molecule has 0 aliphatic heterocycles. The van der Waals surface area contributed by atoms with Gasteiger partial charge in [0.25, 0.3) is 5.56 Å². The first-order valence-electron chi connectivity index (χ1n) is 10.2. The predicted octanol–water partition coefficient (Wildman–Crippen LogP) is 3.89. The van der Waals surface area contributed by atoms with Crippen molar-refractivity contribution in [2.75, 3.05) is 5.75 Å². The maximum absolute atomic E-state index is 13.2. The monoisotopic (exact) mass is 470 g/mol. The molecule has 0 spiro atoms. The van der Waals surface area contributed by atoms with E-state index in [1.165, 1.54) is 28.8 Å². The number of fused-ring (bicyclic) bond motifs is 1. The fourth-order valence-electron chi connectivity index (χ4n) is 3.55. The minimum Gasteiger partial charge on any atom is -0.435 e. The number of amides is 1. The Labute approximate surface area is 192 Å². The lowest BCUT2D eigenvalue weighted by molar-refractivity contribution is -0.119. The summed E-state index contributed by atoms with van der Waals surface area (Å²) < 4.78 is 30.6. The van der Waals surface area contributed by atoms with Gasteiger partial charge >= 0.3 is 6.61 Å². The Morgan fingerprint density at radius 3 is 2.64 bits per heavy atom. The smallest absolute Gasteiger partial charge is 0.387 e. The van der Waals surface area contributed by atoms with Gasteiger partial charge in [0.1, 0.15) is 11.3 Å². The molecule has 1 fully saturated rings. The van der Waals surface area contributed by atoms with E-state index in [0.29, 0.717) is 16.6 Å². The lowest BCUT2D eigenvalue weighted by atomic mass is 9.98. The number of ether oxygens (including phenoxy) is 1. The molecule has 1 aliphatic rings. The molecule has 0 radical (unpaired) electrons. The minimum atomic E-state index is -2.96. The van der Waals surface area contributed by atoms with Crippen LogP contribution in [0.2, 0.25) is 0 Å². The number of carbonyl (C=O) groups is 1. The van der Waals surface area contributed by atoms with Crippen molar-refractivity contribution in [1.29, 1.82) is 5.26 Å². The second kappa shape index (κ2) is 9.19. The normalized spacial score (nSPS) is 15.1. The standard InChI is InChI=1S/C23H20F2N4O3S/c1-23(13-26,14-6-7-14)28-19(30)12-33-22-27-18-5-3-2-4-17(18)20(31)29(22)15-8-10-16(11-9-15)32-21(24)25/h2-5,8-11,14,21H,6-7,12H2,1H3,(H,28,30). The number of halogens is 2. The quantitative estimate of drug-likeness (QED) is 0.396. The highest BCUT2D eigenvalue weighted by atomic mass is 32.2. The van der Waals surface area contributed by atoms with E-state index < -0.39 is 12.2 Å². The van der Waals surface area contributed by atoms with Crippen LogP contribution in [0, 0.1) is 17.2 Å². The SMILES string of the molecule is CC(C#N)(NC(=O)CSc1nc2ccccc2c(=O)n1-c1ccc(OC(F)F)cc1)C1CC1. The van der Waals surface area contributed by atoms with Crippen molar-refractivity contribution in [1.82, 2.24) is 14.9 Å². The highest BCUT2D eigenvalue weighted by Gasteiger charge is 2.43. The number of alkyl halides is 2. The van der Waals surface area contributed by atoms with Gasteiger partial charge in [0.15, 0.2) is 5.16 Å². The summed E-state index contributed by atoms with van der Waals surface area (Å²) in [7, 11) is 0. The Morgan fingerprint density at radius 2 is 2.00 bits per heavy atom. The summed E-state index contributed by atoms with van der Waals surface area (Å²) in [5.74, 6) is -0.297. The number of aromatic nitrogens is 2. The molecular formula is C23H20F2N4O3S. The molecule has 0 bridgehead atoms. The van der Waals surface area contributed by atoms with Crippen LogP contribution in [0.4, 0.5) is 8.78 Å². The number of para-hydroxylation sites is 1. The van der Waals surface area contributed by atoms with E-state index >= 15 is 0 Å². The Balaban J connectivity index is 1.65. The number of carbonyl (C=O) groups excluding carboxylic acids is 1. The van der Waals surface area contributed by atoms with Crippen LogP contribution in [0.25, 0.3) is 16.6 Å². The van der Waals surface area contributed by atoms with Crippen molar-refractivity contribution in [2.24, 2.45) is 5.92 Å². The lowest BCUT2D eigenvalue weighted by Crippen LogP contribution is -2.47. The molecule has 4 rings (SSSR count). The molecule has 0 saturated heterocycles. The fourth-order valence-corrected chi connectivity index (χ4v) is 4.36. The summed E-state index contributed by atoms with van der Waals surface area (Å²) in [6.07, 6.45) is 1.79. The van der Waals surface area contributed by atoms with Crippen molar-refractivity contribution < 1.29 is 18.3 Å². The number of rotatable bonds is 8. The summed E-state index contributed by atoms with van der Waals surface area (Å²) in [5.41, 5.74) is -0.415. The third-order valence-corrected chi connectivity index (χ3v) is 6.36. The van der Waals surface area contributed by atoms with Crippen LogP contribution in [0.1, 0.15) is 19.8 Å². The molecule has 33 heavy (non-hydrogen) atoms. The molecule has 1 heterocycles. The molecule has 170 valence electrons. The van der Waals surface area contributed by atoms with Gasteiger partial charge in [0.05, 0.1) is 28.4 Å². The van der Waals surface area contributed by atoms with Gasteiger partial charge in [-0.25, -0.2) is 4.98 Å². The van der Waals surface area contributed by atoms with Crippen LogP contribution >= 0.6 is 11.8 Å². The summed E-state index contributed by atoms with van der Waals surface area (Å²) >= 11 is 1.06. The Kier molecular flexibility index (Phi) is 6.33. The zero-order valence-electron chi connectivity index (χ0n) is 17.6. The maximum atomic E-state index is 13.2. The van der Waals surface area contributed by atoms with E-state index in [9.17, 15) is 23.6 Å². The molecule has 1 amide bonds. The van der Waals surface area contributed by atoms with Gasteiger partial charge in [-0.15, -0.1) is 0 Å². The van der Waals surface area contributed by atoms with Crippen molar-refractivity contribution in [3.05, 3.63) is 58.9 Å². The average molecular weight is 471 g/mol. The Morgan fingerprint density at radius 1 is 1.30 bits per heavy atom. The number of thioether (sulfide) groups is 1. The second-order valence-electron chi connectivity index (χ2n) is 7.85. The van der Waals surface area contributed by atoms with E-state index in [1.807, 2.05) is 0 Å². The third-order valence-electron chi connectivity index (χ3n) is 5.42. The van der Waals surface area contributed by atoms with E-state index in [0.717, 1.165) is 24.6 Å². The summed E-state index contributed by atoms with van der Waals surface area (Å²) in [4.78, 5) is 30.4. The van der Waals surface area contributed by atoms with Crippen molar-refractivity contribution in [2.45, 2.75) is 37.1 Å². The number of hydrogen-bond acceptors (Lipinski definition) is 6. The van der Waals surface area contributed by atoms with Crippen LogP contribution in [0.15, 0.2) is 58.5 Å². The summed E-state index contributed by atoms with van der Waals surface area (Å²) in [6.45, 7) is -1.25. The van der Waals surface area contributed by atoms with Crippen LogP contribution < -0.4 is 15.6 Å². The van der Waals surface area contributed by atoms with Gasteiger partial charge in [-0.3, -0.25) is 14.2 Å².